The highest BCUT2D eigenvalue weighted by atomic mass is 16.5. The molecule has 1 heterocycles. The minimum absolute atomic E-state index is 0.0517. The van der Waals surface area contributed by atoms with Gasteiger partial charge in [0.2, 0.25) is 11.8 Å². The van der Waals surface area contributed by atoms with E-state index in [1.807, 2.05) is 19.1 Å². The van der Waals surface area contributed by atoms with Crippen LogP contribution in [0.2, 0.25) is 0 Å². The number of pyridine rings is 1. The van der Waals surface area contributed by atoms with Crippen molar-refractivity contribution in [2.45, 2.75) is 33.2 Å². The number of hydrogen-bond acceptors (Lipinski definition) is 4. The summed E-state index contributed by atoms with van der Waals surface area (Å²) in [4.78, 5) is 28.6. The normalized spacial score (nSPS) is 17.9. The average molecular weight is 367 g/mol. The lowest BCUT2D eigenvalue weighted by Gasteiger charge is -2.11. The van der Waals surface area contributed by atoms with Gasteiger partial charge in [-0.05, 0) is 49.1 Å². The summed E-state index contributed by atoms with van der Waals surface area (Å²) in [5.74, 6) is 1.00. The Morgan fingerprint density at radius 2 is 1.96 bits per heavy atom. The molecule has 0 bridgehead atoms. The van der Waals surface area contributed by atoms with Crippen LogP contribution in [0.3, 0.4) is 0 Å². The van der Waals surface area contributed by atoms with Gasteiger partial charge in [-0.2, -0.15) is 0 Å². The molecular formula is C21H25N3O3. The lowest BCUT2D eigenvalue weighted by atomic mass is 10.1. The van der Waals surface area contributed by atoms with Crippen molar-refractivity contribution in [3.63, 3.8) is 0 Å². The minimum Gasteiger partial charge on any atom is -0.477 e. The molecule has 1 aliphatic rings. The second-order valence-corrected chi connectivity index (χ2v) is 6.88. The number of carbonyl (C=O) groups is 2. The van der Waals surface area contributed by atoms with Crippen LogP contribution in [0.5, 0.6) is 5.88 Å². The number of nitrogens with zero attached hydrogens (tertiary/aromatic N) is 1. The Kier molecular flexibility index (Phi) is 6.06. The van der Waals surface area contributed by atoms with Crippen LogP contribution in [-0.4, -0.2) is 23.4 Å². The summed E-state index contributed by atoms with van der Waals surface area (Å²) in [6, 6.07) is 10.6. The third-order valence-corrected chi connectivity index (χ3v) is 4.59. The molecule has 6 heteroatoms. The number of amides is 2. The fourth-order valence-electron chi connectivity index (χ4n) is 2.79. The van der Waals surface area contributed by atoms with Crippen LogP contribution >= 0.6 is 0 Å². The van der Waals surface area contributed by atoms with E-state index in [1.54, 1.807) is 30.5 Å². The van der Waals surface area contributed by atoms with Gasteiger partial charge in [0.1, 0.15) is 0 Å². The lowest BCUT2D eigenvalue weighted by molar-refractivity contribution is -0.117. The van der Waals surface area contributed by atoms with Gasteiger partial charge >= 0.3 is 0 Å². The van der Waals surface area contributed by atoms with Crippen molar-refractivity contribution in [3.05, 3.63) is 53.7 Å². The number of anilines is 1. The molecule has 6 nitrogen and oxygen atoms in total. The third-order valence-electron chi connectivity index (χ3n) is 4.59. The molecule has 0 radical (unpaired) electrons. The quantitative estimate of drug-likeness (QED) is 0.749. The first-order valence-corrected chi connectivity index (χ1v) is 9.34. The van der Waals surface area contributed by atoms with Gasteiger partial charge in [0.25, 0.3) is 5.91 Å². The van der Waals surface area contributed by atoms with Gasteiger partial charge in [-0.3, -0.25) is 9.59 Å². The van der Waals surface area contributed by atoms with Crippen LogP contribution in [0.15, 0.2) is 42.6 Å². The smallest absolute Gasteiger partial charge is 0.251 e. The molecule has 2 unspecified atom stereocenters. The first-order valence-electron chi connectivity index (χ1n) is 9.34. The lowest BCUT2D eigenvalue weighted by Crippen LogP contribution is -2.23. The second-order valence-electron chi connectivity index (χ2n) is 6.88. The highest BCUT2D eigenvalue weighted by molar-refractivity contribution is 5.96. The summed E-state index contributed by atoms with van der Waals surface area (Å²) in [6.45, 7) is 5.02. The molecular weight excluding hydrogens is 342 g/mol. The fraction of sp³-hybridized carbons (Fsp3) is 0.381. The number of hydrogen-bond donors (Lipinski definition) is 2. The van der Waals surface area contributed by atoms with Gasteiger partial charge in [0.15, 0.2) is 0 Å². The second kappa shape index (κ2) is 8.66. The van der Waals surface area contributed by atoms with Gasteiger partial charge in [0, 0.05) is 35.5 Å². The molecule has 2 aromatic rings. The Bertz CT molecular complexity index is 805. The number of rotatable bonds is 8. The Labute approximate surface area is 159 Å². The zero-order chi connectivity index (χ0) is 19.2. The number of carbonyl (C=O) groups excluding carboxylic acids is 2. The van der Waals surface area contributed by atoms with Gasteiger partial charge in [0.05, 0.1) is 6.61 Å². The SMILES string of the molecule is CCCOc1ncccc1CNC(=O)c1ccc(NC(=O)C2CC2C)cc1. The number of nitrogens with one attached hydrogen (secondary N) is 2. The van der Waals surface area contributed by atoms with Crippen molar-refractivity contribution in [2.24, 2.45) is 11.8 Å². The molecule has 2 atom stereocenters. The third kappa shape index (κ3) is 5.06. The molecule has 3 rings (SSSR count). The summed E-state index contributed by atoms with van der Waals surface area (Å²) in [7, 11) is 0. The Hall–Kier alpha value is -2.89. The van der Waals surface area contributed by atoms with E-state index in [9.17, 15) is 9.59 Å². The zero-order valence-electron chi connectivity index (χ0n) is 15.7. The highest BCUT2D eigenvalue weighted by Gasteiger charge is 2.39. The molecule has 2 amide bonds. The van der Waals surface area contributed by atoms with Gasteiger partial charge in [-0.25, -0.2) is 4.98 Å². The van der Waals surface area contributed by atoms with Crippen LogP contribution in [-0.2, 0) is 11.3 Å². The fourth-order valence-corrected chi connectivity index (χ4v) is 2.79. The van der Waals surface area contributed by atoms with E-state index in [0.717, 1.165) is 18.4 Å². The van der Waals surface area contributed by atoms with Crippen LogP contribution < -0.4 is 15.4 Å². The van der Waals surface area contributed by atoms with Crippen LogP contribution in [0, 0.1) is 11.8 Å². The maximum absolute atomic E-state index is 12.4. The van der Waals surface area contributed by atoms with Crippen molar-refractivity contribution in [1.29, 1.82) is 0 Å². The first-order chi connectivity index (χ1) is 13.1. The van der Waals surface area contributed by atoms with E-state index >= 15 is 0 Å². The summed E-state index contributed by atoms with van der Waals surface area (Å²) in [6.07, 6.45) is 3.52. The molecule has 1 aliphatic carbocycles. The van der Waals surface area contributed by atoms with E-state index < -0.39 is 0 Å². The van der Waals surface area contributed by atoms with Crippen molar-refractivity contribution in [2.75, 3.05) is 11.9 Å². The van der Waals surface area contributed by atoms with Crippen molar-refractivity contribution in [1.82, 2.24) is 10.3 Å². The highest BCUT2D eigenvalue weighted by Crippen LogP contribution is 2.38. The van der Waals surface area contributed by atoms with Gasteiger partial charge in [-0.15, -0.1) is 0 Å². The summed E-state index contributed by atoms with van der Waals surface area (Å²) >= 11 is 0. The predicted molar refractivity (Wildman–Crippen MR) is 104 cm³/mol. The standard InChI is InChI=1S/C21H25N3O3/c1-3-11-27-21-16(5-4-10-22-21)13-23-19(25)15-6-8-17(9-7-15)24-20(26)18-12-14(18)2/h4-10,14,18H,3,11-13H2,1-2H3,(H,23,25)(H,24,26). The maximum Gasteiger partial charge on any atom is 0.251 e. The molecule has 1 aromatic carbocycles. The molecule has 0 saturated heterocycles. The molecule has 2 N–H and O–H groups in total. The predicted octanol–water partition coefficient (Wildman–Crippen LogP) is 3.39. The monoisotopic (exact) mass is 367 g/mol. The van der Waals surface area contributed by atoms with E-state index in [-0.39, 0.29) is 17.7 Å². The first kappa shape index (κ1) is 18.9. The van der Waals surface area contributed by atoms with E-state index in [2.05, 4.69) is 22.5 Å². The summed E-state index contributed by atoms with van der Waals surface area (Å²) in [5.41, 5.74) is 2.08. The molecule has 0 aliphatic heterocycles. The van der Waals surface area contributed by atoms with Crippen LogP contribution in [0.1, 0.15) is 42.6 Å². The number of benzene rings is 1. The maximum atomic E-state index is 12.4. The van der Waals surface area contributed by atoms with E-state index in [4.69, 9.17) is 4.74 Å². The average Bonchev–Trinajstić information content (AvgIpc) is 3.42. The van der Waals surface area contributed by atoms with Gasteiger partial charge < -0.3 is 15.4 Å². The molecule has 1 saturated carbocycles. The molecule has 0 spiro atoms. The number of aromatic nitrogens is 1. The Morgan fingerprint density at radius 1 is 1.22 bits per heavy atom. The zero-order valence-corrected chi connectivity index (χ0v) is 15.7. The summed E-state index contributed by atoms with van der Waals surface area (Å²) < 4.78 is 5.61. The van der Waals surface area contributed by atoms with Crippen LogP contribution in [0.4, 0.5) is 5.69 Å². The number of ether oxygens (including phenoxy) is 1. The van der Waals surface area contributed by atoms with Crippen molar-refractivity contribution in [3.8, 4) is 5.88 Å². The largest absolute Gasteiger partial charge is 0.477 e. The Morgan fingerprint density at radius 3 is 2.63 bits per heavy atom. The molecule has 142 valence electrons. The van der Waals surface area contributed by atoms with Crippen molar-refractivity contribution >= 4 is 17.5 Å². The van der Waals surface area contributed by atoms with Crippen LogP contribution in [0.25, 0.3) is 0 Å². The topological polar surface area (TPSA) is 80.3 Å². The minimum atomic E-state index is -0.186. The molecule has 1 aromatic heterocycles. The van der Waals surface area contributed by atoms with E-state index in [0.29, 0.717) is 36.2 Å². The van der Waals surface area contributed by atoms with Crippen molar-refractivity contribution < 1.29 is 14.3 Å². The van der Waals surface area contributed by atoms with Gasteiger partial charge in [-0.1, -0.05) is 19.9 Å². The van der Waals surface area contributed by atoms with E-state index in [1.165, 1.54) is 0 Å². The molecule has 27 heavy (non-hydrogen) atoms. The molecule has 1 fully saturated rings. The summed E-state index contributed by atoms with van der Waals surface area (Å²) in [5, 5.41) is 5.77. The Balaban J connectivity index is 1.54.